The normalized spacial score (nSPS) is 39.0. The Balaban J connectivity index is 0.00000407. The molecule has 344 valence electrons. The van der Waals surface area contributed by atoms with Crippen molar-refractivity contribution < 1.29 is 58.5 Å². The van der Waals surface area contributed by atoms with Gasteiger partial charge in [0.2, 0.25) is 5.79 Å². The number of esters is 1. The number of piperidine rings is 1. The smallest absolute Gasteiger partial charge is 0.329 e. The fraction of sp³-hybridized carbons (Fsp3) is 0.783. The molecule has 0 aromatic heterocycles. The SMILES string of the molecule is C.C=CC[C@@H]1/C=C(\C)C[C@H](C)C[C@H](OC)[C@H]2O[C@@](O)(C(=O)C(=O)N3CCCC[C@H]3C(=O)O[C@H](/C(C)=C/[C@@H]3CC[C@@H](O)[C@H](OC)C3)[C@H](C)[C@@H](O)CC1=N)[C@H](C)C[C@@H]2OC.CO. The van der Waals surface area contributed by atoms with Gasteiger partial charge in [0, 0.05) is 64.9 Å². The molecule has 3 aliphatic heterocycles. The van der Waals surface area contributed by atoms with Crippen molar-refractivity contribution in [3.63, 3.8) is 0 Å². The fourth-order valence-electron chi connectivity index (χ4n) is 9.46. The molecule has 60 heavy (non-hydrogen) atoms. The molecule has 2 saturated heterocycles. The minimum Gasteiger partial charge on any atom is -0.456 e. The number of methoxy groups -OCH3 is 3. The number of allylic oxidation sites excluding steroid dienone is 4. The predicted octanol–water partition coefficient (Wildman–Crippen LogP) is 5.33. The minimum atomic E-state index is -2.50. The molecule has 5 N–H and O–H groups in total. The van der Waals surface area contributed by atoms with Crippen molar-refractivity contribution >= 4 is 23.4 Å². The Hall–Kier alpha value is -2.82. The highest BCUT2D eigenvalue weighted by molar-refractivity contribution is 6.39. The number of carbonyl (C=O) groups is 3. The molecule has 3 fully saturated rings. The van der Waals surface area contributed by atoms with Gasteiger partial charge in [-0.1, -0.05) is 52.0 Å². The average Bonchev–Trinajstić information content (AvgIpc) is 3.22. The van der Waals surface area contributed by atoms with Gasteiger partial charge in [-0.25, -0.2) is 4.79 Å². The number of hydrogen-bond acceptors (Lipinski definition) is 13. The van der Waals surface area contributed by atoms with E-state index in [-0.39, 0.29) is 57.1 Å². The molecule has 14 atom stereocenters. The summed E-state index contributed by atoms with van der Waals surface area (Å²) in [5.41, 5.74) is 2.06. The monoisotopic (exact) mass is 851 g/mol. The first-order chi connectivity index (χ1) is 28.0. The van der Waals surface area contributed by atoms with Gasteiger partial charge < -0.3 is 54.4 Å². The van der Waals surface area contributed by atoms with Crippen LogP contribution in [0.3, 0.4) is 0 Å². The molecule has 14 heteroatoms. The van der Waals surface area contributed by atoms with Crippen LogP contribution in [-0.4, -0.2) is 138 Å². The van der Waals surface area contributed by atoms with Crippen LogP contribution in [0, 0.1) is 35.0 Å². The molecule has 4 rings (SSSR count). The second-order valence-corrected chi connectivity index (χ2v) is 17.3. The number of cyclic esters (lactones) is 1. The van der Waals surface area contributed by atoms with E-state index in [0.29, 0.717) is 62.7 Å². The molecule has 2 bridgehead atoms. The second-order valence-electron chi connectivity index (χ2n) is 17.3. The van der Waals surface area contributed by atoms with Crippen LogP contribution in [-0.2, 0) is 38.1 Å². The van der Waals surface area contributed by atoms with E-state index < -0.39 is 77.9 Å². The lowest BCUT2D eigenvalue weighted by molar-refractivity contribution is -0.302. The molecule has 0 aromatic rings. The van der Waals surface area contributed by atoms with E-state index in [2.05, 4.69) is 13.5 Å². The molecule has 4 aliphatic rings. The summed E-state index contributed by atoms with van der Waals surface area (Å²) in [4.78, 5) is 44.0. The number of Topliss-reactive ketones (excluding diaryl/α,β-unsaturated/α-hetero) is 1. The van der Waals surface area contributed by atoms with Crippen molar-refractivity contribution in [3.05, 3.63) is 36.0 Å². The Kier molecular flexibility index (Phi) is 22.0. The third-order valence-electron chi connectivity index (χ3n) is 12.9. The summed E-state index contributed by atoms with van der Waals surface area (Å²) in [6.45, 7) is 13.4. The second kappa shape index (κ2) is 24.7. The van der Waals surface area contributed by atoms with Gasteiger partial charge >= 0.3 is 5.97 Å². The summed E-state index contributed by atoms with van der Waals surface area (Å²) in [5, 5.41) is 50.4. The van der Waals surface area contributed by atoms with Crippen molar-refractivity contribution in [2.75, 3.05) is 35.0 Å². The van der Waals surface area contributed by atoms with Crippen LogP contribution in [0.15, 0.2) is 36.0 Å². The highest BCUT2D eigenvalue weighted by Crippen LogP contribution is 2.39. The summed E-state index contributed by atoms with van der Waals surface area (Å²) in [7, 11) is 5.65. The molecule has 0 radical (unpaired) electrons. The lowest BCUT2D eigenvalue weighted by atomic mass is 9.81. The summed E-state index contributed by atoms with van der Waals surface area (Å²) < 4.78 is 29.9. The van der Waals surface area contributed by atoms with Gasteiger partial charge in [0.1, 0.15) is 18.2 Å². The summed E-state index contributed by atoms with van der Waals surface area (Å²) in [5.74, 6) is -7.13. The van der Waals surface area contributed by atoms with Crippen LogP contribution in [0.2, 0.25) is 0 Å². The third-order valence-corrected chi connectivity index (χ3v) is 12.9. The number of fused-ring (bicyclic) bond motifs is 3. The van der Waals surface area contributed by atoms with E-state index in [1.165, 1.54) is 12.0 Å². The fourth-order valence-corrected chi connectivity index (χ4v) is 9.46. The molecular weight excluding hydrogens is 773 g/mol. The number of hydrogen-bond donors (Lipinski definition) is 5. The van der Waals surface area contributed by atoms with Crippen LogP contribution in [0.25, 0.3) is 0 Å². The van der Waals surface area contributed by atoms with Crippen LogP contribution in [0.1, 0.15) is 113 Å². The first-order valence-corrected chi connectivity index (χ1v) is 21.4. The highest BCUT2D eigenvalue weighted by atomic mass is 16.7. The molecule has 1 saturated carbocycles. The lowest BCUT2D eigenvalue weighted by Crippen LogP contribution is -2.64. The molecular formula is C46H78N2O12. The number of ketones is 1. The standard InChI is InChI=1S/C44H70N2O11.CH4O.CH4/c1-10-13-31-19-25(2)18-26(3)20-37(54-8)40-38(55-9)22-28(5)44(52,57-40)41(49)42(50)46-17-12-11-14-33(46)43(51)56-39(29(6)35(48)24-32(31)45)27(4)21-30-15-16-34(47)36(23-30)53-7;1-2;/h10,19,21,26,28-31,33-40,45,47-48,52H,1,11-18,20,22-24H2,2-9H3;2H,1H3;1H4/b25-19+,27-21+,45-32?;;/t26-,28+,29+,30-,31+,33-,34+,35-,36+,37-,38-,39+,40+,44+;;/m0../s1. The van der Waals surface area contributed by atoms with E-state index in [4.69, 9.17) is 34.2 Å². The number of rotatable bonds is 7. The Labute approximate surface area is 359 Å². The highest BCUT2D eigenvalue weighted by Gasteiger charge is 2.56. The van der Waals surface area contributed by atoms with Gasteiger partial charge in [-0.05, 0) is 95.5 Å². The Morgan fingerprint density at radius 1 is 0.950 bits per heavy atom. The number of aliphatic hydroxyl groups excluding tert-OH is 3. The summed E-state index contributed by atoms with van der Waals surface area (Å²) in [6, 6.07) is -1.12. The molecule has 1 amide bonds. The number of nitrogens with zero attached hydrogens (tertiary/aromatic N) is 1. The van der Waals surface area contributed by atoms with E-state index in [1.54, 1.807) is 34.1 Å². The summed E-state index contributed by atoms with van der Waals surface area (Å²) >= 11 is 0. The molecule has 0 aromatic carbocycles. The first-order valence-electron chi connectivity index (χ1n) is 21.4. The quantitative estimate of drug-likeness (QED) is 0.125. The van der Waals surface area contributed by atoms with Gasteiger partial charge in [-0.2, -0.15) is 0 Å². The number of ether oxygens (including phenoxy) is 5. The Morgan fingerprint density at radius 3 is 2.20 bits per heavy atom. The lowest BCUT2D eigenvalue weighted by Gasteiger charge is -2.47. The zero-order valence-corrected chi connectivity index (χ0v) is 36.9. The van der Waals surface area contributed by atoms with Gasteiger partial charge in [-0.3, -0.25) is 9.59 Å². The van der Waals surface area contributed by atoms with Crippen LogP contribution in [0.4, 0.5) is 0 Å². The molecule has 0 spiro atoms. The van der Waals surface area contributed by atoms with Crippen LogP contribution >= 0.6 is 0 Å². The molecule has 14 nitrogen and oxygen atoms in total. The third kappa shape index (κ3) is 13.1. The van der Waals surface area contributed by atoms with Crippen LogP contribution in [0.5, 0.6) is 0 Å². The Bertz CT molecular complexity index is 1480. The number of aliphatic hydroxyl groups is 4. The number of carbonyl (C=O) groups excluding carboxylic acids is 3. The molecule has 1 aliphatic carbocycles. The van der Waals surface area contributed by atoms with Crippen molar-refractivity contribution in [1.29, 1.82) is 5.41 Å². The maximum Gasteiger partial charge on any atom is 0.329 e. The number of nitrogens with one attached hydrogen (secondary N) is 1. The van der Waals surface area contributed by atoms with E-state index in [1.807, 2.05) is 26.0 Å². The minimum absolute atomic E-state index is 0. The topological polar surface area (TPSA) is 205 Å². The first kappa shape index (κ1) is 53.3. The average molecular weight is 851 g/mol. The zero-order chi connectivity index (χ0) is 44.2. The molecule has 3 heterocycles. The number of amides is 1. The summed E-state index contributed by atoms with van der Waals surface area (Å²) in [6.07, 6.45) is 5.99. The van der Waals surface area contributed by atoms with E-state index in [9.17, 15) is 29.7 Å². The van der Waals surface area contributed by atoms with E-state index >= 15 is 0 Å². The van der Waals surface area contributed by atoms with E-state index in [0.717, 1.165) is 12.7 Å². The largest absolute Gasteiger partial charge is 0.456 e. The predicted molar refractivity (Wildman–Crippen MR) is 230 cm³/mol. The van der Waals surface area contributed by atoms with Crippen LogP contribution < -0.4 is 0 Å². The van der Waals surface area contributed by atoms with Gasteiger partial charge in [0.25, 0.3) is 11.7 Å². The van der Waals surface area contributed by atoms with Gasteiger partial charge in [0.15, 0.2) is 0 Å². The van der Waals surface area contributed by atoms with Crippen molar-refractivity contribution in [2.45, 2.75) is 167 Å². The van der Waals surface area contributed by atoms with Crippen molar-refractivity contribution in [3.8, 4) is 0 Å². The Morgan fingerprint density at radius 2 is 1.58 bits per heavy atom. The molecule has 0 unspecified atom stereocenters. The van der Waals surface area contributed by atoms with Gasteiger partial charge in [0.05, 0.1) is 30.5 Å². The van der Waals surface area contributed by atoms with Crippen molar-refractivity contribution in [2.24, 2.45) is 29.6 Å². The van der Waals surface area contributed by atoms with Crippen molar-refractivity contribution in [1.82, 2.24) is 4.90 Å². The zero-order valence-electron chi connectivity index (χ0n) is 36.9. The maximum atomic E-state index is 14.3. The maximum absolute atomic E-state index is 14.3. The van der Waals surface area contributed by atoms with Gasteiger partial charge in [-0.15, -0.1) is 6.58 Å².